The summed E-state index contributed by atoms with van der Waals surface area (Å²) in [6, 6.07) is 0. The lowest BCUT2D eigenvalue weighted by Crippen LogP contribution is -2.23. The summed E-state index contributed by atoms with van der Waals surface area (Å²) in [5.74, 6) is 0.979. The fraction of sp³-hybridized carbons (Fsp3) is 0.571. The van der Waals surface area contributed by atoms with Crippen LogP contribution >= 0.6 is 0 Å². The maximum atomic E-state index is 4.14. The van der Waals surface area contributed by atoms with E-state index < -0.39 is 0 Å². The summed E-state index contributed by atoms with van der Waals surface area (Å²) >= 11 is 0. The highest BCUT2D eigenvalue weighted by molar-refractivity contribution is 5.46. The van der Waals surface area contributed by atoms with Crippen molar-refractivity contribution in [2.24, 2.45) is 0 Å². The van der Waals surface area contributed by atoms with E-state index in [4.69, 9.17) is 0 Å². The van der Waals surface area contributed by atoms with Gasteiger partial charge in [-0.05, 0) is 0 Å². The van der Waals surface area contributed by atoms with Gasteiger partial charge in [0.2, 0.25) is 0 Å². The van der Waals surface area contributed by atoms with Gasteiger partial charge >= 0.3 is 0 Å². The van der Waals surface area contributed by atoms with Crippen molar-refractivity contribution in [1.29, 1.82) is 0 Å². The number of H-pyrrole nitrogens is 1. The molecule has 1 aromatic rings. The molecule has 0 aliphatic carbocycles. The molecule has 0 saturated heterocycles. The number of anilines is 1. The Bertz CT molecular complexity index is 239. The Kier molecular flexibility index (Phi) is 1.54. The molecule has 4 nitrogen and oxygen atoms in total. The molecular formula is C7H12N4. The zero-order chi connectivity index (χ0) is 7.68. The van der Waals surface area contributed by atoms with Crippen LogP contribution < -0.4 is 10.6 Å². The summed E-state index contributed by atoms with van der Waals surface area (Å²) in [6.07, 6.45) is 1.06. The van der Waals surface area contributed by atoms with Gasteiger partial charge in [0.05, 0.1) is 0 Å². The zero-order valence-corrected chi connectivity index (χ0v) is 6.57. The van der Waals surface area contributed by atoms with Gasteiger partial charge in [0.15, 0.2) is 5.82 Å². The van der Waals surface area contributed by atoms with Gasteiger partial charge in [-0.2, -0.15) is 5.10 Å². The number of nitrogens with one attached hydrogen (secondary N) is 3. The number of nitrogens with zero attached hydrogens (tertiary/aromatic N) is 1. The van der Waals surface area contributed by atoms with Crippen LogP contribution in [0.2, 0.25) is 0 Å². The second-order valence-corrected chi connectivity index (χ2v) is 2.71. The lowest BCUT2D eigenvalue weighted by Gasteiger charge is -2.12. The monoisotopic (exact) mass is 152 g/mol. The molecule has 0 spiro atoms. The van der Waals surface area contributed by atoms with E-state index in [1.54, 1.807) is 0 Å². The first kappa shape index (κ1) is 6.67. The summed E-state index contributed by atoms with van der Waals surface area (Å²) in [7, 11) is 1.89. The molecule has 1 aromatic heterocycles. The molecule has 2 heterocycles. The highest BCUT2D eigenvalue weighted by Gasteiger charge is 2.14. The molecule has 3 N–H and O–H groups in total. The normalized spacial score (nSPS) is 16.1. The smallest absolute Gasteiger partial charge is 0.152 e. The summed E-state index contributed by atoms with van der Waals surface area (Å²) in [5, 5.41) is 13.5. The first-order valence-electron chi connectivity index (χ1n) is 3.86. The number of fused-ring (bicyclic) bond motifs is 1. The van der Waals surface area contributed by atoms with Crippen molar-refractivity contribution in [2.75, 3.05) is 18.9 Å². The molecule has 0 unspecified atom stereocenters. The predicted molar refractivity (Wildman–Crippen MR) is 43.5 cm³/mol. The number of aromatic amines is 1. The maximum Gasteiger partial charge on any atom is 0.152 e. The van der Waals surface area contributed by atoms with Crippen LogP contribution in [0.5, 0.6) is 0 Å². The molecule has 4 heteroatoms. The Hall–Kier alpha value is -1.03. The topological polar surface area (TPSA) is 52.7 Å². The van der Waals surface area contributed by atoms with E-state index in [2.05, 4.69) is 20.8 Å². The predicted octanol–water partition coefficient (Wildman–Crippen LogP) is 0.0971. The lowest BCUT2D eigenvalue weighted by molar-refractivity contribution is 0.637. The minimum absolute atomic E-state index is 0.933. The molecule has 1 aliphatic heterocycles. The number of aromatic nitrogens is 2. The minimum atomic E-state index is 0.933. The van der Waals surface area contributed by atoms with Crippen LogP contribution in [0.15, 0.2) is 0 Å². The maximum absolute atomic E-state index is 4.14. The quantitative estimate of drug-likeness (QED) is 0.535. The highest BCUT2D eigenvalue weighted by Crippen LogP contribution is 2.18. The summed E-state index contributed by atoms with van der Waals surface area (Å²) < 4.78 is 0. The van der Waals surface area contributed by atoms with E-state index in [0.717, 1.165) is 25.3 Å². The van der Waals surface area contributed by atoms with E-state index in [1.165, 1.54) is 11.3 Å². The Labute approximate surface area is 65.4 Å². The van der Waals surface area contributed by atoms with Gasteiger partial charge < -0.3 is 10.6 Å². The average molecular weight is 152 g/mol. The first-order chi connectivity index (χ1) is 5.42. The van der Waals surface area contributed by atoms with Gasteiger partial charge in [-0.3, -0.25) is 5.10 Å². The van der Waals surface area contributed by atoms with Gasteiger partial charge in [0.1, 0.15) is 0 Å². The van der Waals surface area contributed by atoms with E-state index in [9.17, 15) is 0 Å². The van der Waals surface area contributed by atoms with Crippen LogP contribution in [0.3, 0.4) is 0 Å². The molecule has 2 rings (SSSR count). The fourth-order valence-electron chi connectivity index (χ4n) is 1.43. The van der Waals surface area contributed by atoms with E-state index in [0.29, 0.717) is 0 Å². The van der Waals surface area contributed by atoms with Gasteiger partial charge in [-0.1, -0.05) is 0 Å². The molecule has 60 valence electrons. The van der Waals surface area contributed by atoms with Crippen molar-refractivity contribution in [3.63, 3.8) is 0 Å². The van der Waals surface area contributed by atoms with Crippen LogP contribution in [0.4, 0.5) is 5.82 Å². The van der Waals surface area contributed by atoms with Crippen molar-refractivity contribution < 1.29 is 0 Å². The van der Waals surface area contributed by atoms with Crippen LogP contribution in [-0.4, -0.2) is 23.8 Å². The molecule has 0 fully saturated rings. The van der Waals surface area contributed by atoms with Gasteiger partial charge in [0, 0.05) is 37.8 Å². The zero-order valence-electron chi connectivity index (χ0n) is 6.57. The molecule has 11 heavy (non-hydrogen) atoms. The molecule has 1 aliphatic rings. The van der Waals surface area contributed by atoms with Crippen molar-refractivity contribution in [3.8, 4) is 0 Å². The van der Waals surface area contributed by atoms with Gasteiger partial charge in [-0.25, -0.2) is 0 Å². The first-order valence-corrected chi connectivity index (χ1v) is 3.86. The van der Waals surface area contributed by atoms with Crippen molar-refractivity contribution in [3.05, 3.63) is 11.3 Å². The fourth-order valence-corrected chi connectivity index (χ4v) is 1.43. The largest absolute Gasteiger partial charge is 0.371 e. The summed E-state index contributed by atoms with van der Waals surface area (Å²) in [4.78, 5) is 0. The lowest BCUT2D eigenvalue weighted by atomic mass is 10.1. The van der Waals surface area contributed by atoms with Crippen LogP contribution in [0.25, 0.3) is 0 Å². The second kappa shape index (κ2) is 2.54. The third-order valence-electron chi connectivity index (χ3n) is 2.04. The van der Waals surface area contributed by atoms with Crippen molar-refractivity contribution in [2.45, 2.75) is 13.0 Å². The third kappa shape index (κ3) is 0.991. The Morgan fingerprint density at radius 3 is 3.27 bits per heavy atom. The summed E-state index contributed by atoms with van der Waals surface area (Å²) in [5.41, 5.74) is 2.56. The Morgan fingerprint density at radius 1 is 1.55 bits per heavy atom. The second-order valence-electron chi connectivity index (χ2n) is 2.71. The van der Waals surface area contributed by atoms with Gasteiger partial charge in [0.25, 0.3) is 0 Å². The number of hydrogen-bond donors (Lipinski definition) is 3. The standard InChI is InChI=1S/C7H12N4/c1-8-7-5-4-9-3-2-6(5)10-11-7/h9H,2-4H2,1H3,(H2,8,10,11). The molecule has 0 atom stereocenters. The highest BCUT2D eigenvalue weighted by atomic mass is 15.2. The number of hydrogen-bond acceptors (Lipinski definition) is 3. The van der Waals surface area contributed by atoms with Crippen LogP contribution in [-0.2, 0) is 13.0 Å². The number of rotatable bonds is 1. The molecule has 0 aromatic carbocycles. The van der Waals surface area contributed by atoms with E-state index in [1.807, 2.05) is 7.05 Å². The van der Waals surface area contributed by atoms with Crippen molar-refractivity contribution in [1.82, 2.24) is 15.5 Å². The van der Waals surface area contributed by atoms with Crippen molar-refractivity contribution >= 4 is 5.82 Å². The van der Waals surface area contributed by atoms with Crippen LogP contribution in [0.1, 0.15) is 11.3 Å². The molecule has 0 amide bonds. The molecule has 0 bridgehead atoms. The molecule has 0 radical (unpaired) electrons. The van der Waals surface area contributed by atoms with Crippen LogP contribution in [0, 0.1) is 0 Å². The average Bonchev–Trinajstić information content (AvgIpc) is 2.47. The van der Waals surface area contributed by atoms with Gasteiger partial charge in [-0.15, -0.1) is 0 Å². The third-order valence-corrected chi connectivity index (χ3v) is 2.04. The SMILES string of the molecule is CNc1n[nH]c2c1CNCC2. The minimum Gasteiger partial charge on any atom is -0.371 e. The summed E-state index contributed by atoms with van der Waals surface area (Å²) in [6.45, 7) is 1.99. The van der Waals surface area contributed by atoms with E-state index in [-0.39, 0.29) is 0 Å². The molecular weight excluding hydrogens is 140 g/mol. The Morgan fingerprint density at radius 2 is 2.45 bits per heavy atom. The Balaban J connectivity index is 2.38. The molecule has 0 saturated carbocycles. The van der Waals surface area contributed by atoms with E-state index >= 15 is 0 Å².